The Morgan fingerprint density at radius 1 is 1.21 bits per heavy atom. The van der Waals surface area contributed by atoms with Crippen molar-refractivity contribution in [1.29, 1.82) is 0 Å². The normalized spacial score (nSPS) is 14.6. The Balaban J connectivity index is 2.33. The van der Waals surface area contributed by atoms with Gasteiger partial charge >= 0.3 is 0 Å². The van der Waals surface area contributed by atoms with Gasteiger partial charge in [0.05, 0.1) is 0 Å². The molecule has 0 N–H and O–H groups in total. The van der Waals surface area contributed by atoms with E-state index < -0.39 is 0 Å². The van der Waals surface area contributed by atoms with Gasteiger partial charge in [0.1, 0.15) is 0 Å². The number of halogens is 1. The van der Waals surface area contributed by atoms with Crippen LogP contribution in [-0.2, 0) is 12.8 Å². The minimum absolute atomic E-state index is 0.869. The van der Waals surface area contributed by atoms with Crippen LogP contribution in [0.3, 0.4) is 0 Å². The molecule has 0 fully saturated rings. The third-order valence-electron chi connectivity index (χ3n) is 2.66. The molecule has 0 atom stereocenters. The molecule has 0 amide bonds. The highest BCUT2D eigenvalue weighted by atomic mass is 79.9. The van der Waals surface area contributed by atoms with Gasteiger partial charge in [-0.2, -0.15) is 0 Å². The van der Waals surface area contributed by atoms with Gasteiger partial charge in [0.15, 0.2) is 5.65 Å². The SMILES string of the molecule is Brc1cnc2nc3c(cc2c1)CCC3. The predicted molar refractivity (Wildman–Crippen MR) is 59.3 cm³/mol. The Morgan fingerprint density at radius 3 is 3.07 bits per heavy atom. The molecule has 0 aromatic carbocycles. The van der Waals surface area contributed by atoms with E-state index in [1.807, 2.05) is 0 Å². The molecule has 1 aliphatic rings. The average molecular weight is 249 g/mol. The molecule has 0 radical (unpaired) electrons. The summed E-state index contributed by atoms with van der Waals surface area (Å²) in [5.74, 6) is 0. The summed E-state index contributed by atoms with van der Waals surface area (Å²) in [6, 6.07) is 4.30. The van der Waals surface area contributed by atoms with Gasteiger partial charge in [0.2, 0.25) is 0 Å². The van der Waals surface area contributed by atoms with Crippen molar-refractivity contribution in [3.63, 3.8) is 0 Å². The number of hydrogen-bond donors (Lipinski definition) is 0. The fourth-order valence-corrected chi connectivity index (χ4v) is 2.35. The van der Waals surface area contributed by atoms with Crippen LogP contribution in [0, 0.1) is 0 Å². The molecule has 1 aliphatic carbocycles. The van der Waals surface area contributed by atoms with E-state index in [1.165, 1.54) is 24.1 Å². The van der Waals surface area contributed by atoms with Crippen LogP contribution in [0.15, 0.2) is 22.8 Å². The first-order valence-electron chi connectivity index (χ1n) is 4.77. The molecule has 0 saturated heterocycles. The van der Waals surface area contributed by atoms with Gasteiger partial charge in [-0.05, 0) is 52.9 Å². The van der Waals surface area contributed by atoms with Gasteiger partial charge in [-0.25, -0.2) is 9.97 Å². The summed E-state index contributed by atoms with van der Waals surface area (Å²) in [6.07, 6.45) is 5.32. The summed E-state index contributed by atoms with van der Waals surface area (Å²) in [5, 5.41) is 1.14. The zero-order chi connectivity index (χ0) is 9.54. The van der Waals surface area contributed by atoms with E-state index in [0.29, 0.717) is 0 Å². The number of pyridine rings is 2. The van der Waals surface area contributed by atoms with Crippen molar-refractivity contribution < 1.29 is 0 Å². The Morgan fingerprint density at radius 2 is 2.14 bits per heavy atom. The topological polar surface area (TPSA) is 25.8 Å². The highest BCUT2D eigenvalue weighted by Crippen LogP contribution is 2.24. The predicted octanol–water partition coefficient (Wildman–Crippen LogP) is 2.88. The third-order valence-corrected chi connectivity index (χ3v) is 3.10. The van der Waals surface area contributed by atoms with Crippen LogP contribution >= 0.6 is 15.9 Å². The van der Waals surface area contributed by atoms with E-state index in [0.717, 1.165) is 21.9 Å². The second-order valence-electron chi connectivity index (χ2n) is 3.65. The number of nitrogens with zero attached hydrogens (tertiary/aromatic N) is 2. The van der Waals surface area contributed by atoms with Crippen LogP contribution in [0.25, 0.3) is 11.0 Å². The lowest BCUT2D eigenvalue weighted by Crippen LogP contribution is -1.91. The molecule has 0 saturated carbocycles. The summed E-state index contributed by atoms with van der Waals surface area (Å²) in [4.78, 5) is 8.87. The number of hydrogen-bond acceptors (Lipinski definition) is 2. The van der Waals surface area contributed by atoms with E-state index in [9.17, 15) is 0 Å². The van der Waals surface area contributed by atoms with Crippen LogP contribution in [0.2, 0.25) is 0 Å². The minimum atomic E-state index is 0.869. The van der Waals surface area contributed by atoms with E-state index in [4.69, 9.17) is 0 Å². The van der Waals surface area contributed by atoms with E-state index in [-0.39, 0.29) is 0 Å². The Labute approximate surface area is 90.5 Å². The van der Waals surface area contributed by atoms with Crippen molar-refractivity contribution in [2.24, 2.45) is 0 Å². The molecule has 0 unspecified atom stereocenters. The first-order valence-corrected chi connectivity index (χ1v) is 5.56. The molecule has 3 heteroatoms. The molecule has 2 nitrogen and oxygen atoms in total. The van der Waals surface area contributed by atoms with Gasteiger partial charge in [-0.3, -0.25) is 0 Å². The largest absolute Gasteiger partial charge is 0.235 e. The van der Waals surface area contributed by atoms with E-state index in [2.05, 4.69) is 38.0 Å². The molecule has 3 rings (SSSR count). The molecular formula is C11H9BrN2. The number of fused-ring (bicyclic) bond motifs is 2. The van der Waals surface area contributed by atoms with Crippen molar-refractivity contribution in [3.05, 3.63) is 34.1 Å². The Kier molecular flexibility index (Phi) is 1.80. The zero-order valence-corrected chi connectivity index (χ0v) is 9.21. The maximum absolute atomic E-state index is 4.56. The Hall–Kier alpha value is -0.960. The fraction of sp³-hybridized carbons (Fsp3) is 0.273. The number of rotatable bonds is 0. The van der Waals surface area contributed by atoms with Gasteiger partial charge < -0.3 is 0 Å². The van der Waals surface area contributed by atoms with Crippen molar-refractivity contribution >= 4 is 27.0 Å². The van der Waals surface area contributed by atoms with E-state index in [1.54, 1.807) is 6.20 Å². The van der Waals surface area contributed by atoms with E-state index >= 15 is 0 Å². The van der Waals surface area contributed by atoms with Crippen LogP contribution in [0.5, 0.6) is 0 Å². The molecule has 2 aromatic rings. The third kappa shape index (κ3) is 1.23. The van der Waals surface area contributed by atoms with Gasteiger partial charge in [0.25, 0.3) is 0 Å². The second-order valence-corrected chi connectivity index (χ2v) is 4.56. The van der Waals surface area contributed by atoms with Crippen molar-refractivity contribution in [3.8, 4) is 0 Å². The number of aromatic nitrogens is 2. The van der Waals surface area contributed by atoms with Crippen molar-refractivity contribution in [2.45, 2.75) is 19.3 Å². The van der Waals surface area contributed by atoms with Gasteiger partial charge in [-0.15, -0.1) is 0 Å². The summed E-state index contributed by atoms with van der Waals surface area (Å²) in [5.41, 5.74) is 3.51. The number of aryl methyl sites for hydroxylation is 2. The van der Waals surface area contributed by atoms with Crippen LogP contribution < -0.4 is 0 Å². The molecule has 2 aromatic heterocycles. The molecular weight excluding hydrogens is 240 g/mol. The zero-order valence-electron chi connectivity index (χ0n) is 7.63. The maximum atomic E-state index is 4.56. The maximum Gasteiger partial charge on any atom is 0.159 e. The second kappa shape index (κ2) is 3.02. The molecule has 0 spiro atoms. The van der Waals surface area contributed by atoms with Gasteiger partial charge in [-0.1, -0.05) is 0 Å². The summed E-state index contributed by atoms with van der Waals surface area (Å²) in [7, 11) is 0. The quantitative estimate of drug-likeness (QED) is 0.717. The molecule has 14 heavy (non-hydrogen) atoms. The lowest BCUT2D eigenvalue weighted by atomic mass is 10.2. The smallest absolute Gasteiger partial charge is 0.159 e. The highest BCUT2D eigenvalue weighted by Gasteiger charge is 2.13. The first kappa shape index (κ1) is 8.36. The Bertz CT molecular complexity index is 508. The molecule has 0 bridgehead atoms. The first-order chi connectivity index (χ1) is 6.83. The summed E-state index contributed by atoms with van der Waals surface area (Å²) >= 11 is 3.42. The van der Waals surface area contributed by atoms with Crippen LogP contribution in [0.4, 0.5) is 0 Å². The average Bonchev–Trinajstić information content (AvgIpc) is 2.61. The summed E-state index contributed by atoms with van der Waals surface area (Å²) < 4.78 is 1.02. The fourth-order valence-electron chi connectivity index (χ4n) is 2.00. The molecule has 0 aliphatic heterocycles. The minimum Gasteiger partial charge on any atom is -0.235 e. The summed E-state index contributed by atoms with van der Waals surface area (Å²) in [6.45, 7) is 0. The van der Waals surface area contributed by atoms with Gasteiger partial charge in [0, 0.05) is 21.7 Å². The lowest BCUT2D eigenvalue weighted by Gasteiger charge is -2.01. The van der Waals surface area contributed by atoms with Crippen molar-refractivity contribution in [1.82, 2.24) is 9.97 Å². The molecule has 70 valence electrons. The standard InChI is InChI=1S/C11H9BrN2/c12-9-5-8-4-7-2-1-3-10(7)14-11(8)13-6-9/h4-6H,1-3H2. The van der Waals surface area contributed by atoms with Crippen molar-refractivity contribution in [2.75, 3.05) is 0 Å². The molecule has 2 heterocycles. The lowest BCUT2D eigenvalue weighted by molar-refractivity contribution is 0.900. The highest BCUT2D eigenvalue weighted by molar-refractivity contribution is 9.10. The monoisotopic (exact) mass is 248 g/mol. The van der Waals surface area contributed by atoms with Crippen LogP contribution in [0.1, 0.15) is 17.7 Å². The van der Waals surface area contributed by atoms with Crippen LogP contribution in [-0.4, -0.2) is 9.97 Å².